The Hall–Kier alpha value is -1.94. The van der Waals surface area contributed by atoms with Gasteiger partial charge < -0.3 is 33.8 Å². The van der Waals surface area contributed by atoms with Crippen LogP contribution in [-0.4, -0.2) is 96.7 Å². The summed E-state index contributed by atoms with van der Waals surface area (Å²) in [5, 5.41) is 10.7. The molecule has 0 bridgehead atoms. The average molecular weight is 1610 g/mol. The van der Waals surface area contributed by atoms with E-state index in [-0.39, 0.29) is 25.7 Å². The molecule has 0 spiro atoms. The first-order valence-corrected chi connectivity index (χ1v) is 50.2. The number of esters is 4. The maximum absolute atomic E-state index is 13.2. The summed E-state index contributed by atoms with van der Waals surface area (Å²) in [4.78, 5) is 73.4. The molecule has 6 atom stereocenters. The first kappa shape index (κ1) is 108. The van der Waals surface area contributed by atoms with Crippen LogP contribution in [-0.2, 0) is 65.4 Å². The lowest BCUT2D eigenvalue weighted by molar-refractivity contribution is -0.161. The van der Waals surface area contributed by atoms with Gasteiger partial charge in [0.05, 0.1) is 26.4 Å². The van der Waals surface area contributed by atoms with E-state index in [0.717, 1.165) is 95.8 Å². The second kappa shape index (κ2) is 83.5. The van der Waals surface area contributed by atoms with Gasteiger partial charge in [0, 0.05) is 25.7 Å². The smallest absolute Gasteiger partial charge is 0.462 e. The first-order valence-electron chi connectivity index (χ1n) is 47.2. The Morgan fingerprint density at radius 1 is 0.255 bits per heavy atom. The van der Waals surface area contributed by atoms with Crippen LogP contribution in [0.4, 0.5) is 0 Å². The van der Waals surface area contributed by atoms with Crippen LogP contribution in [0.5, 0.6) is 0 Å². The molecule has 0 aliphatic rings. The summed E-state index contributed by atoms with van der Waals surface area (Å²) in [6.07, 6.45) is 79.2. The molecular formula is C91H178O17P2. The van der Waals surface area contributed by atoms with Gasteiger partial charge in [-0.1, -0.05) is 446 Å². The van der Waals surface area contributed by atoms with Gasteiger partial charge in [-0.25, -0.2) is 9.13 Å². The number of ether oxygens (including phenoxy) is 4. The first-order chi connectivity index (χ1) is 53.6. The maximum atomic E-state index is 13.2. The van der Waals surface area contributed by atoms with Crippen molar-refractivity contribution in [2.75, 3.05) is 39.6 Å². The van der Waals surface area contributed by atoms with Crippen LogP contribution in [0, 0.1) is 5.92 Å². The number of rotatable bonds is 91. The highest BCUT2D eigenvalue weighted by atomic mass is 31.2. The molecule has 110 heavy (non-hydrogen) atoms. The summed E-state index contributed by atoms with van der Waals surface area (Å²) >= 11 is 0. The second-order valence-corrected chi connectivity index (χ2v) is 35.8. The molecule has 3 N–H and O–H groups in total. The Morgan fingerprint density at radius 3 is 0.645 bits per heavy atom. The number of phosphoric acid groups is 2. The summed E-state index contributed by atoms with van der Waals surface area (Å²) in [5.41, 5.74) is 0. The van der Waals surface area contributed by atoms with Gasteiger partial charge in [0.1, 0.15) is 19.3 Å². The third kappa shape index (κ3) is 82.6. The summed E-state index contributed by atoms with van der Waals surface area (Å²) < 4.78 is 69.1. The molecule has 0 aliphatic carbocycles. The number of carbonyl (C=O) groups is 4. The lowest BCUT2D eigenvalue weighted by Gasteiger charge is -2.21. The molecule has 0 rings (SSSR count). The van der Waals surface area contributed by atoms with E-state index in [1.807, 2.05) is 0 Å². The highest BCUT2D eigenvalue weighted by Crippen LogP contribution is 2.45. The molecular weight excluding hydrogens is 1430 g/mol. The SMILES string of the molecule is CCCCCCCCCCCCCCCCCCCCCCC(=O)OC[C@H](COP(=O)(O)OC[C@@H](O)COP(=O)(O)OC[C@@H](COC(=O)CCCCCCCCCCC(C)CC)OC(=O)CCCCCCCCCCCCCCCCCCCC)OC(=O)CCCCCCCCCCCCCCCCCCCCCC. The summed E-state index contributed by atoms with van der Waals surface area (Å²) in [6.45, 7) is 7.40. The molecule has 654 valence electrons. The molecule has 0 aromatic heterocycles. The molecule has 0 aromatic rings. The highest BCUT2D eigenvalue weighted by molar-refractivity contribution is 7.47. The molecule has 17 nitrogen and oxygen atoms in total. The fourth-order valence-electron chi connectivity index (χ4n) is 14.3. The minimum atomic E-state index is -4.97. The summed E-state index contributed by atoms with van der Waals surface area (Å²) in [5.74, 6) is -1.32. The highest BCUT2D eigenvalue weighted by Gasteiger charge is 2.31. The van der Waals surface area contributed by atoms with Crippen molar-refractivity contribution < 1.29 is 80.2 Å². The molecule has 0 aliphatic heterocycles. The van der Waals surface area contributed by atoms with E-state index in [0.29, 0.717) is 25.7 Å². The van der Waals surface area contributed by atoms with E-state index in [1.165, 1.54) is 321 Å². The molecule has 0 radical (unpaired) electrons. The lowest BCUT2D eigenvalue weighted by atomic mass is 9.99. The van der Waals surface area contributed by atoms with Crippen LogP contribution < -0.4 is 0 Å². The van der Waals surface area contributed by atoms with E-state index in [1.54, 1.807) is 0 Å². The zero-order valence-corrected chi connectivity index (χ0v) is 74.2. The number of aliphatic hydroxyl groups is 1. The third-order valence-electron chi connectivity index (χ3n) is 21.9. The Bertz CT molecular complexity index is 2080. The van der Waals surface area contributed by atoms with Crippen LogP contribution in [0.1, 0.15) is 497 Å². The number of aliphatic hydroxyl groups excluding tert-OH is 1. The molecule has 0 fully saturated rings. The van der Waals surface area contributed by atoms with Crippen molar-refractivity contribution in [3.05, 3.63) is 0 Å². The molecule has 19 heteroatoms. The fraction of sp³-hybridized carbons (Fsp3) is 0.956. The van der Waals surface area contributed by atoms with Gasteiger partial charge in [-0.15, -0.1) is 0 Å². The van der Waals surface area contributed by atoms with Gasteiger partial charge in [0.15, 0.2) is 12.2 Å². The minimum Gasteiger partial charge on any atom is -0.462 e. The summed E-state index contributed by atoms with van der Waals surface area (Å²) in [7, 11) is -9.94. The Labute approximate surface area is 677 Å². The maximum Gasteiger partial charge on any atom is 0.472 e. The number of unbranched alkanes of at least 4 members (excludes halogenated alkanes) is 62. The normalized spacial score (nSPS) is 13.9. The van der Waals surface area contributed by atoms with E-state index in [4.69, 9.17) is 37.0 Å². The van der Waals surface area contributed by atoms with Crippen molar-refractivity contribution in [3.63, 3.8) is 0 Å². The Morgan fingerprint density at radius 2 is 0.436 bits per heavy atom. The standard InChI is InChI=1S/C91H178O17P2/c1-6-10-13-16-19-22-25-28-31-34-37-39-42-44-47-50-53-59-64-69-74-88(93)101-80-86(107-90(95)76-72-67-62-55-52-49-46-43-40-38-35-32-29-26-23-20-17-14-11-7-2)82-105-109(97,98)103-78-85(92)79-104-110(99,100)106-83-87(81-102-89(94)75-70-65-60-57-56-58-63-68-73-84(5)9-4)108-91(96)77-71-66-61-54-51-48-45-41-36-33-30-27-24-21-18-15-12-8-3/h84-87,92H,6-83H2,1-5H3,(H,97,98)(H,99,100)/t84?,85-,86-,87-/m1/s1. The zero-order chi connectivity index (χ0) is 80.4. The molecule has 0 saturated heterocycles. The predicted octanol–water partition coefficient (Wildman–Crippen LogP) is 28.3. The quantitative estimate of drug-likeness (QED) is 0.0222. The third-order valence-corrected chi connectivity index (χ3v) is 23.8. The summed E-state index contributed by atoms with van der Waals surface area (Å²) in [6, 6.07) is 0. The molecule has 3 unspecified atom stereocenters. The molecule has 0 aromatic carbocycles. The Kier molecular flexibility index (Phi) is 82.1. The molecule has 0 amide bonds. The van der Waals surface area contributed by atoms with E-state index in [2.05, 4.69) is 34.6 Å². The monoisotopic (exact) mass is 1610 g/mol. The largest absolute Gasteiger partial charge is 0.472 e. The molecule has 0 saturated carbocycles. The van der Waals surface area contributed by atoms with Crippen LogP contribution >= 0.6 is 15.6 Å². The number of phosphoric ester groups is 2. The van der Waals surface area contributed by atoms with E-state index < -0.39 is 97.5 Å². The molecule has 0 heterocycles. The van der Waals surface area contributed by atoms with Crippen LogP contribution in [0.3, 0.4) is 0 Å². The number of carbonyl (C=O) groups excluding carboxylic acids is 4. The van der Waals surface area contributed by atoms with Gasteiger partial charge in [-0.05, 0) is 31.6 Å². The lowest BCUT2D eigenvalue weighted by Crippen LogP contribution is -2.30. The number of hydrogen-bond acceptors (Lipinski definition) is 15. The van der Waals surface area contributed by atoms with Crippen molar-refractivity contribution >= 4 is 39.5 Å². The van der Waals surface area contributed by atoms with Crippen molar-refractivity contribution in [2.45, 2.75) is 515 Å². The van der Waals surface area contributed by atoms with Crippen LogP contribution in [0.15, 0.2) is 0 Å². The Balaban J connectivity index is 5.25. The van der Waals surface area contributed by atoms with Gasteiger partial charge in [0.2, 0.25) is 0 Å². The van der Waals surface area contributed by atoms with Crippen molar-refractivity contribution in [1.82, 2.24) is 0 Å². The fourth-order valence-corrected chi connectivity index (χ4v) is 15.9. The second-order valence-electron chi connectivity index (χ2n) is 32.9. The van der Waals surface area contributed by atoms with E-state index >= 15 is 0 Å². The van der Waals surface area contributed by atoms with Crippen molar-refractivity contribution in [2.24, 2.45) is 5.92 Å². The topological polar surface area (TPSA) is 237 Å². The van der Waals surface area contributed by atoms with Crippen molar-refractivity contribution in [3.8, 4) is 0 Å². The average Bonchev–Trinajstić information content (AvgIpc) is 0.896. The number of hydrogen-bond donors (Lipinski definition) is 3. The van der Waals surface area contributed by atoms with Gasteiger partial charge in [-0.3, -0.25) is 37.3 Å². The zero-order valence-electron chi connectivity index (χ0n) is 72.4. The van der Waals surface area contributed by atoms with Gasteiger partial charge in [-0.2, -0.15) is 0 Å². The van der Waals surface area contributed by atoms with Gasteiger partial charge >= 0.3 is 39.5 Å². The minimum absolute atomic E-state index is 0.109. The van der Waals surface area contributed by atoms with Crippen molar-refractivity contribution in [1.29, 1.82) is 0 Å². The van der Waals surface area contributed by atoms with Gasteiger partial charge in [0.25, 0.3) is 0 Å². The predicted molar refractivity (Wildman–Crippen MR) is 455 cm³/mol. The van der Waals surface area contributed by atoms with Crippen LogP contribution in [0.2, 0.25) is 0 Å². The van der Waals surface area contributed by atoms with E-state index in [9.17, 15) is 43.2 Å². The van der Waals surface area contributed by atoms with Crippen LogP contribution in [0.25, 0.3) is 0 Å².